The fourth-order valence-corrected chi connectivity index (χ4v) is 3.87. The topological polar surface area (TPSA) is 73.8 Å². The van der Waals surface area contributed by atoms with E-state index in [9.17, 15) is 4.79 Å². The summed E-state index contributed by atoms with van der Waals surface area (Å²) in [6.45, 7) is 7.16. The van der Waals surface area contributed by atoms with Crippen molar-refractivity contribution in [3.63, 3.8) is 0 Å². The minimum atomic E-state index is -0.569. The second kappa shape index (κ2) is 10.3. The number of benzene rings is 2. The third kappa shape index (κ3) is 5.58. The maximum Gasteiger partial charge on any atom is 0.420 e. The molecule has 3 aromatic rings. The van der Waals surface area contributed by atoms with Crippen LogP contribution in [0.15, 0.2) is 54.7 Å². The molecule has 2 aromatic carbocycles. The Bertz CT molecular complexity index is 1160. The number of nitrogens with zero attached hydrogens (tertiary/aromatic N) is 5. The highest BCUT2D eigenvalue weighted by molar-refractivity contribution is 6.30. The number of likely N-dealkylation sites (N-methyl/N-ethyl adjacent to an activating group) is 1. The van der Waals surface area contributed by atoms with Crippen LogP contribution in [-0.4, -0.2) is 60.7 Å². The molecule has 1 saturated heterocycles. The number of halogens is 1. The fourth-order valence-electron chi connectivity index (χ4n) is 3.70. The molecule has 4 rings (SSSR count). The molecule has 178 valence electrons. The van der Waals surface area contributed by atoms with Crippen molar-refractivity contribution in [2.24, 2.45) is 0 Å². The van der Waals surface area contributed by atoms with Crippen molar-refractivity contribution >= 4 is 40.8 Å². The first kappa shape index (κ1) is 23.8. The van der Waals surface area contributed by atoms with Gasteiger partial charge in [-0.05, 0) is 68.9 Å². The largest absolute Gasteiger partial charge is 0.420 e. The molecule has 0 bridgehead atoms. The highest BCUT2D eigenvalue weighted by atomic mass is 35.5. The van der Waals surface area contributed by atoms with E-state index in [-0.39, 0.29) is 0 Å². The first-order valence-corrected chi connectivity index (χ1v) is 11.5. The highest BCUT2D eigenvalue weighted by Gasteiger charge is 2.21. The summed E-state index contributed by atoms with van der Waals surface area (Å²) in [5.74, 6) is 1.20. The number of amides is 1. The van der Waals surface area contributed by atoms with Gasteiger partial charge in [-0.1, -0.05) is 17.7 Å². The number of hydrogen-bond acceptors (Lipinski definition) is 7. The van der Waals surface area contributed by atoms with Crippen molar-refractivity contribution in [3.05, 3.63) is 65.3 Å². The molecule has 2 heterocycles. The van der Waals surface area contributed by atoms with E-state index in [4.69, 9.17) is 16.3 Å². The number of piperazine rings is 1. The van der Waals surface area contributed by atoms with Gasteiger partial charge in [-0.15, -0.1) is 0 Å². The van der Waals surface area contributed by atoms with Crippen LogP contribution in [0.5, 0.6) is 5.75 Å². The first-order valence-electron chi connectivity index (χ1n) is 11.2. The molecule has 8 nitrogen and oxygen atoms in total. The zero-order chi connectivity index (χ0) is 24.2. The summed E-state index contributed by atoms with van der Waals surface area (Å²) in [4.78, 5) is 27.5. The SMILES string of the molecule is Cc1ccc(Cl)cc1OC(=O)N(C)c1ccnc(Nc2ccc(N3CCN(C)C(C)C3)cc2)n1. The van der Waals surface area contributed by atoms with Gasteiger partial charge < -0.3 is 19.9 Å². The van der Waals surface area contributed by atoms with Gasteiger partial charge in [0.1, 0.15) is 11.6 Å². The Morgan fingerprint density at radius 2 is 1.94 bits per heavy atom. The van der Waals surface area contributed by atoms with E-state index in [1.54, 1.807) is 37.5 Å². The van der Waals surface area contributed by atoms with Gasteiger partial charge >= 0.3 is 6.09 Å². The molecular formula is C25H29ClN6O2. The van der Waals surface area contributed by atoms with E-state index >= 15 is 0 Å². The van der Waals surface area contributed by atoms with Gasteiger partial charge in [0.2, 0.25) is 5.95 Å². The van der Waals surface area contributed by atoms with Crippen molar-refractivity contribution in [1.29, 1.82) is 0 Å². The second-order valence-electron chi connectivity index (χ2n) is 8.52. The summed E-state index contributed by atoms with van der Waals surface area (Å²) >= 11 is 6.02. The monoisotopic (exact) mass is 480 g/mol. The number of rotatable bonds is 5. The summed E-state index contributed by atoms with van der Waals surface area (Å²) in [6, 6.07) is 15.5. The highest BCUT2D eigenvalue weighted by Crippen LogP contribution is 2.25. The number of ether oxygens (including phenoxy) is 1. The molecule has 9 heteroatoms. The Kier molecular flexibility index (Phi) is 7.19. The molecule has 1 atom stereocenters. The minimum Gasteiger partial charge on any atom is -0.410 e. The predicted octanol–water partition coefficient (Wildman–Crippen LogP) is 4.96. The van der Waals surface area contributed by atoms with Crippen LogP contribution in [0.3, 0.4) is 0 Å². The molecule has 34 heavy (non-hydrogen) atoms. The molecule has 1 amide bonds. The molecule has 1 unspecified atom stereocenters. The van der Waals surface area contributed by atoms with E-state index in [1.807, 2.05) is 19.1 Å². The van der Waals surface area contributed by atoms with E-state index in [1.165, 1.54) is 10.6 Å². The van der Waals surface area contributed by atoms with Crippen molar-refractivity contribution in [2.75, 3.05) is 48.8 Å². The Balaban J connectivity index is 1.41. The van der Waals surface area contributed by atoms with Crippen LogP contribution >= 0.6 is 11.6 Å². The minimum absolute atomic E-state index is 0.386. The third-order valence-corrected chi connectivity index (χ3v) is 6.29. The van der Waals surface area contributed by atoms with Gasteiger partial charge in [0.15, 0.2) is 0 Å². The lowest BCUT2D eigenvalue weighted by Gasteiger charge is -2.39. The van der Waals surface area contributed by atoms with Crippen LogP contribution in [0.4, 0.5) is 27.9 Å². The van der Waals surface area contributed by atoms with Gasteiger partial charge in [-0.25, -0.2) is 9.78 Å². The molecule has 1 aliphatic heterocycles. The summed E-state index contributed by atoms with van der Waals surface area (Å²) in [6.07, 6.45) is 1.03. The van der Waals surface area contributed by atoms with Crippen LogP contribution in [0, 0.1) is 6.92 Å². The average molecular weight is 481 g/mol. The van der Waals surface area contributed by atoms with Crippen LogP contribution < -0.4 is 19.9 Å². The number of aryl methyl sites for hydroxylation is 1. The van der Waals surface area contributed by atoms with Crippen molar-refractivity contribution in [1.82, 2.24) is 14.9 Å². The van der Waals surface area contributed by atoms with Crippen LogP contribution in [0.25, 0.3) is 0 Å². The summed E-state index contributed by atoms with van der Waals surface area (Å²) < 4.78 is 5.50. The van der Waals surface area contributed by atoms with E-state index in [2.05, 4.69) is 51.2 Å². The predicted molar refractivity (Wildman–Crippen MR) is 137 cm³/mol. The lowest BCUT2D eigenvalue weighted by molar-refractivity contribution is 0.208. The van der Waals surface area contributed by atoms with Crippen LogP contribution in [0.2, 0.25) is 5.02 Å². The Labute approximate surface area is 205 Å². The van der Waals surface area contributed by atoms with E-state index < -0.39 is 6.09 Å². The summed E-state index contributed by atoms with van der Waals surface area (Å²) in [5.41, 5.74) is 2.87. The molecule has 1 aliphatic rings. The molecule has 1 N–H and O–H groups in total. The lowest BCUT2D eigenvalue weighted by Crippen LogP contribution is -2.50. The maximum absolute atomic E-state index is 12.6. The average Bonchev–Trinajstić information content (AvgIpc) is 2.83. The molecule has 0 saturated carbocycles. The van der Waals surface area contributed by atoms with Gasteiger partial charge in [-0.3, -0.25) is 4.90 Å². The number of nitrogens with one attached hydrogen (secondary N) is 1. The fraction of sp³-hybridized carbons (Fsp3) is 0.320. The Morgan fingerprint density at radius 1 is 1.18 bits per heavy atom. The zero-order valence-electron chi connectivity index (χ0n) is 19.8. The third-order valence-electron chi connectivity index (χ3n) is 6.05. The summed E-state index contributed by atoms with van der Waals surface area (Å²) in [5, 5.41) is 3.70. The van der Waals surface area contributed by atoms with Gasteiger partial charge in [0, 0.05) is 55.3 Å². The Hall–Kier alpha value is -3.36. The number of aromatic nitrogens is 2. The van der Waals surface area contributed by atoms with Crippen molar-refractivity contribution in [3.8, 4) is 5.75 Å². The molecule has 1 fully saturated rings. The van der Waals surface area contributed by atoms with E-state index in [0.29, 0.717) is 28.6 Å². The van der Waals surface area contributed by atoms with Crippen molar-refractivity contribution in [2.45, 2.75) is 19.9 Å². The lowest BCUT2D eigenvalue weighted by atomic mass is 10.1. The maximum atomic E-state index is 12.6. The molecule has 0 aliphatic carbocycles. The normalized spacial score (nSPS) is 16.3. The van der Waals surface area contributed by atoms with Gasteiger partial charge in [0.05, 0.1) is 0 Å². The second-order valence-corrected chi connectivity index (χ2v) is 8.96. The number of anilines is 4. The smallest absolute Gasteiger partial charge is 0.410 e. The Morgan fingerprint density at radius 3 is 2.68 bits per heavy atom. The summed E-state index contributed by atoms with van der Waals surface area (Å²) in [7, 11) is 3.76. The quantitative estimate of drug-likeness (QED) is 0.553. The van der Waals surface area contributed by atoms with Gasteiger partial charge in [0.25, 0.3) is 0 Å². The molecule has 0 radical (unpaired) electrons. The molecular weight excluding hydrogens is 452 g/mol. The van der Waals surface area contributed by atoms with Crippen molar-refractivity contribution < 1.29 is 9.53 Å². The molecule has 1 aromatic heterocycles. The molecule has 0 spiro atoms. The number of carbonyl (C=O) groups excluding carboxylic acids is 1. The standard InChI is InChI=1S/C25H29ClN6O2/c1-17-5-6-19(26)15-22(17)34-25(33)31(4)23-11-12-27-24(29-23)28-20-7-9-21(10-8-20)32-14-13-30(3)18(2)16-32/h5-12,15,18H,13-14,16H2,1-4H3,(H,27,28,29). The van der Waals surface area contributed by atoms with Gasteiger partial charge in [-0.2, -0.15) is 4.98 Å². The first-order chi connectivity index (χ1) is 16.3. The van der Waals surface area contributed by atoms with E-state index in [0.717, 1.165) is 30.9 Å². The zero-order valence-corrected chi connectivity index (χ0v) is 20.6. The number of hydrogen-bond donors (Lipinski definition) is 1. The van der Waals surface area contributed by atoms with Crippen LogP contribution in [0.1, 0.15) is 12.5 Å². The number of carbonyl (C=O) groups is 1. The van der Waals surface area contributed by atoms with Crippen LogP contribution in [-0.2, 0) is 0 Å².